The summed E-state index contributed by atoms with van der Waals surface area (Å²) in [6, 6.07) is 5.97. The highest BCUT2D eigenvalue weighted by Crippen LogP contribution is 2.23. The van der Waals surface area contributed by atoms with E-state index in [1.807, 2.05) is 6.92 Å². The first-order valence-corrected chi connectivity index (χ1v) is 5.87. The standard InChI is InChI=1S/C13H17F2NO2/c1-3-4-8-12(17)16-10-6-5-7-11(9-10)18-13(2,14)15/h5-7,9H,3-4,8H2,1-2H3,(H,16,17). The number of benzene rings is 1. The molecule has 1 amide bonds. The second-order valence-corrected chi connectivity index (χ2v) is 4.09. The molecule has 0 aliphatic heterocycles. The van der Waals surface area contributed by atoms with E-state index in [1.165, 1.54) is 12.1 Å². The van der Waals surface area contributed by atoms with Gasteiger partial charge in [-0.05, 0) is 18.6 Å². The lowest BCUT2D eigenvalue weighted by atomic mass is 10.2. The minimum absolute atomic E-state index is 0.0239. The summed E-state index contributed by atoms with van der Waals surface area (Å²) < 4.78 is 29.7. The van der Waals surface area contributed by atoms with E-state index >= 15 is 0 Å². The molecule has 5 heteroatoms. The van der Waals surface area contributed by atoms with Crippen LogP contribution in [-0.2, 0) is 4.79 Å². The van der Waals surface area contributed by atoms with Crippen LogP contribution in [0, 0.1) is 0 Å². The van der Waals surface area contributed by atoms with Gasteiger partial charge in [-0.25, -0.2) is 0 Å². The summed E-state index contributed by atoms with van der Waals surface area (Å²) in [6.45, 7) is 2.66. The van der Waals surface area contributed by atoms with Crippen LogP contribution >= 0.6 is 0 Å². The van der Waals surface area contributed by atoms with Crippen molar-refractivity contribution in [3.05, 3.63) is 24.3 Å². The number of ether oxygens (including phenoxy) is 1. The molecule has 0 saturated heterocycles. The van der Waals surface area contributed by atoms with E-state index < -0.39 is 6.11 Å². The second kappa shape index (κ2) is 6.33. The first-order chi connectivity index (χ1) is 8.40. The zero-order valence-corrected chi connectivity index (χ0v) is 10.5. The van der Waals surface area contributed by atoms with Crippen LogP contribution < -0.4 is 10.1 Å². The molecule has 1 rings (SSSR count). The smallest absolute Gasteiger partial charge is 0.394 e. The number of anilines is 1. The van der Waals surface area contributed by atoms with Crippen LogP contribution in [0.2, 0.25) is 0 Å². The van der Waals surface area contributed by atoms with Crippen molar-refractivity contribution >= 4 is 11.6 Å². The number of amides is 1. The highest BCUT2D eigenvalue weighted by molar-refractivity contribution is 5.90. The van der Waals surface area contributed by atoms with Gasteiger partial charge in [0.1, 0.15) is 5.75 Å². The molecule has 1 aromatic rings. The molecule has 18 heavy (non-hydrogen) atoms. The van der Waals surface area contributed by atoms with E-state index in [2.05, 4.69) is 10.1 Å². The Hall–Kier alpha value is -1.65. The van der Waals surface area contributed by atoms with E-state index in [4.69, 9.17) is 0 Å². The Bertz CT molecular complexity index is 402. The van der Waals surface area contributed by atoms with Crippen LogP contribution in [0.1, 0.15) is 33.1 Å². The Kier molecular flexibility index (Phi) is 5.07. The highest BCUT2D eigenvalue weighted by atomic mass is 19.3. The maximum atomic E-state index is 12.7. The number of carbonyl (C=O) groups excluding carboxylic acids is 1. The van der Waals surface area contributed by atoms with Crippen molar-refractivity contribution in [2.24, 2.45) is 0 Å². The number of hydrogen-bond donors (Lipinski definition) is 1. The van der Waals surface area contributed by atoms with E-state index in [0.29, 0.717) is 19.0 Å². The maximum Gasteiger partial charge on any atom is 0.394 e. The number of nitrogens with one attached hydrogen (secondary N) is 1. The Morgan fingerprint density at radius 2 is 2.17 bits per heavy atom. The average molecular weight is 257 g/mol. The number of unbranched alkanes of at least 4 members (excludes halogenated alkanes) is 1. The Balaban J connectivity index is 2.62. The largest absolute Gasteiger partial charge is 0.433 e. The van der Waals surface area contributed by atoms with Gasteiger partial charge in [0.15, 0.2) is 0 Å². The van der Waals surface area contributed by atoms with Crippen LogP contribution in [0.4, 0.5) is 14.5 Å². The lowest BCUT2D eigenvalue weighted by molar-refractivity contribution is -0.158. The summed E-state index contributed by atoms with van der Waals surface area (Å²) >= 11 is 0. The van der Waals surface area contributed by atoms with Crippen molar-refractivity contribution in [2.75, 3.05) is 5.32 Å². The number of carbonyl (C=O) groups is 1. The molecule has 3 nitrogen and oxygen atoms in total. The number of hydrogen-bond acceptors (Lipinski definition) is 2. The van der Waals surface area contributed by atoms with Gasteiger partial charge in [0, 0.05) is 25.1 Å². The van der Waals surface area contributed by atoms with Crippen molar-refractivity contribution in [1.82, 2.24) is 0 Å². The highest BCUT2D eigenvalue weighted by Gasteiger charge is 2.23. The van der Waals surface area contributed by atoms with Crippen LogP contribution in [-0.4, -0.2) is 12.0 Å². The third kappa shape index (κ3) is 5.61. The third-order valence-corrected chi connectivity index (χ3v) is 2.17. The van der Waals surface area contributed by atoms with E-state index in [9.17, 15) is 13.6 Å². The summed E-state index contributed by atoms with van der Waals surface area (Å²) in [5.74, 6) is -0.104. The summed E-state index contributed by atoms with van der Waals surface area (Å²) in [7, 11) is 0. The van der Waals surface area contributed by atoms with Crippen LogP contribution in [0.25, 0.3) is 0 Å². The van der Waals surface area contributed by atoms with E-state index in [1.54, 1.807) is 12.1 Å². The molecule has 0 saturated carbocycles. The zero-order valence-electron chi connectivity index (χ0n) is 10.5. The Morgan fingerprint density at radius 3 is 2.78 bits per heavy atom. The predicted molar refractivity (Wildman–Crippen MR) is 65.8 cm³/mol. The predicted octanol–water partition coefficient (Wildman–Crippen LogP) is 3.81. The molecule has 0 fully saturated rings. The molecule has 0 unspecified atom stereocenters. The van der Waals surface area contributed by atoms with Gasteiger partial charge in [-0.3, -0.25) is 4.79 Å². The zero-order chi connectivity index (χ0) is 13.6. The van der Waals surface area contributed by atoms with Gasteiger partial charge in [-0.15, -0.1) is 0 Å². The molecule has 0 radical (unpaired) electrons. The fourth-order valence-corrected chi connectivity index (χ4v) is 1.41. The quantitative estimate of drug-likeness (QED) is 0.841. The Labute approximate surface area is 105 Å². The van der Waals surface area contributed by atoms with Gasteiger partial charge in [-0.1, -0.05) is 19.4 Å². The number of halogens is 2. The summed E-state index contributed by atoms with van der Waals surface area (Å²) in [5, 5.41) is 2.64. The summed E-state index contributed by atoms with van der Waals surface area (Å²) in [5.41, 5.74) is 0.456. The normalized spacial score (nSPS) is 11.1. The second-order valence-electron chi connectivity index (χ2n) is 4.09. The fraction of sp³-hybridized carbons (Fsp3) is 0.462. The molecular formula is C13H17F2NO2. The SMILES string of the molecule is CCCCC(=O)Nc1cccc(OC(C)(F)F)c1. The van der Waals surface area contributed by atoms with E-state index in [0.717, 1.165) is 12.8 Å². The van der Waals surface area contributed by atoms with Crippen LogP contribution in [0.15, 0.2) is 24.3 Å². The van der Waals surface area contributed by atoms with Crippen molar-refractivity contribution in [3.8, 4) is 5.75 Å². The monoisotopic (exact) mass is 257 g/mol. The average Bonchev–Trinajstić information content (AvgIpc) is 2.24. The molecule has 100 valence electrons. The lowest BCUT2D eigenvalue weighted by Crippen LogP contribution is -2.19. The first kappa shape index (κ1) is 14.4. The molecular weight excluding hydrogens is 240 g/mol. The van der Waals surface area contributed by atoms with Crippen LogP contribution in [0.3, 0.4) is 0 Å². The van der Waals surface area contributed by atoms with Crippen molar-refractivity contribution in [2.45, 2.75) is 39.2 Å². The van der Waals surface area contributed by atoms with E-state index in [-0.39, 0.29) is 11.7 Å². The molecule has 0 aliphatic rings. The number of rotatable bonds is 6. The first-order valence-electron chi connectivity index (χ1n) is 5.87. The van der Waals surface area contributed by atoms with Gasteiger partial charge in [0.05, 0.1) is 0 Å². The molecule has 1 aromatic carbocycles. The fourth-order valence-electron chi connectivity index (χ4n) is 1.41. The molecule has 0 heterocycles. The van der Waals surface area contributed by atoms with Gasteiger partial charge in [0.2, 0.25) is 5.91 Å². The topological polar surface area (TPSA) is 38.3 Å². The van der Waals surface area contributed by atoms with Crippen molar-refractivity contribution in [1.29, 1.82) is 0 Å². The van der Waals surface area contributed by atoms with Crippen LogP contribution in [0.5, 0.6) is 5.75 Å². The minimum Gasteiger partial charge on any atom is -0.433 e. The lowest BCUT2D eigenvalue weighted by Gasteiger charge is -2.13. The van der Waals surface area contributed by atoms with Crippen molar-refractivity contribution in [3.63, 3.8) is 0 Å². The summed E-state index contributed by atoms with van der Waals surface area (Å²) in [6.07, 6.45) is -1.08. The molecule has 1 N–H and O–H groups in total. The minimum atomic E-state index is -3.23. The molecule has 0 aliphatic carbocycles. The molecule has 0 atom stereocenters. The molecule has 0 aromatic heterocycles. The molecule has 0 bridgehead atoms. The van der Waals surface area contributed by atoms with Crippen molar-refractivity contribution < 1.29 is 18.3 Å². The Morgan fingerprint density at radius 1 is 1.44 bits per heavy atom. The van der Waals surface area contributed by atoms with Gasteiger partial charge in [0.25, 0.3) is 0 Å². The maximum absolute atomic E-state index is 12.7. The molecule has 0 spiro atoms. The van der Waals surface area contributed by atoms with Gasteiger partial charge in [-0.2, -0.15) is 8.78 Å². The third-order valence-electron chi connectivity index (χ3n) is 2.17. The van der Waals surface area contributed by atoms with Gasteiger partial charge >= 0.3 is 6.11 Å². The van der Waals surface area contributed by atoms with Gasteiger partial charge < -0.3 is 10.1 Å². The summed E-state index contributed by atoms with van der Waals surface area (Å²) in [4.78, 5) is 11.5. The number of alkyl halides is 2.